The third kappa shape index (κ3) is 2.81. The van der Waals surface area contributed by atoms with Crippen LogP contribution in [0.2, 0.25) is 0 Å². The zero-order chi connectivity index (χ0) is 14.8. The van der Waals surface area contributed by atoms with E-state index in [-0.39, 0.29) is 11.9 Å². The molecule has 7 nitrogen and oxygen atoms in total. The van der Waals surface area contributed by atoms with E-state index in [0.717, 1.165) is 12.8 Å². The smallest absolute Gasteiger partial charge is 0.249 e. The highest BCUT2D eigenvalue weighted by atomic mass is 16.5. The van der Waals surface area contributed by atoms with Crippen molar-refractivity contribution in [3.63, 3.8) is 0 Å². The van der Waals surface area contributed by atoms with Crippen LogP contribution in [0.4, 0.5) is 0 Å². The summed E-state index contributed by atoms with van der Waals surface area (Å²) >= 11 is 0. The lowest BCUT2D eigenvalue weighted by atomic mass is 9.98. The minimum Gasteiger partial charge on any atom is -0.344 e. The standard InChI is InChI=1S/C14H19N5O2/c1-9(20)16-11(10-5-3-4-6-10)14-17-12(18-21-14)13-15-7-8-19(13)2/h7-8,10-11H,3-6H2,1-2H3,(H,16,20). The second-order valence-electron chi connectivity index (χ2n) is 5.54. The van der Waals surface area contributed by atoms with E-state index in [1.165, 1.54) is 19.8 Å². The molecule has 0 bridgehead atoms. The Balaban J connectivity index is 1.87. The number of amides is 1. The summed E-state index contributed by atoms with van der Waals surface area (Å²) in [6.07, 6.45) is 8.03. The molecule has 2 heterocycles. The summed E-state index contributed by atoms with van der Waals surface area (Å²) in [5, 5.41) is 6.95. The van der Waals surface area contributed by atoms with Crippen LogP contribution in [0.15, 0.2) is 16.9 Å². The molecule has 7 heteroatoms. The van der Waals surface area contributed by atoms with Crippen molar-refractivity contribution in [2.75, 3.05) is 0 Å². The van der Waals surface area contributed by atoms with Crippen LogP contribution in [0.3, 0.4) is 0 Å². The normalized spacial score (nSPS) is 17.0. The number of hydrogen-bond donors (Lipinski definition) is 1. The highest BCUT2D eigenvalue weighted by molar-refractivity contribution is 5.73. The van der Waals surface area contributed by atoms with Crippen LogP contribution in [0.5, 0.6) is 0 Å². The Labute approximate surface area is 122 Å². The summed E-state index contributed by atoms with van der Waals surface area (Å²) in [6.45, 7) is 1.51. The molecule has 1 aliphatic carbocycles. The number of carbonyl (C=O) groups excluding carboxylic acids is 1. The molecule has 1 saturated carbocycles. The van der Waals surface area contributed by atoms with Gasteiger partial charge in [0.2, 0.25) is 17.6 Å². The first-order chi connectivity index (χ1) is 10.1. The van der Waals surface area contributed by atoms with Gasteiger partial charge in [0.25, 0.3) is 0 Å². The fourth-order valence-corrected chi connectivity index (χ4v) is 2.92. The summed E-state index contributed by atoms with van der Waals surface area (Å²) < 4.78 is 7.22. The zero-order valence-corrected chi connectivity index (χ0v) is 12.2. The van der Waals surface area contributed by atoms with Gasteiger partial charge in [-0.1, -0.05) is 18.0 Å². The molecule has 0 aromatic carbocycles. The minimum absolute atomic E-state index is 0.0800. The Morgan fingerprint density at radius 2 is 2.24 bits per heavy atom. The van der Waals surface area contributed by atoms with Gasteiger partial charge >= 0.3 is 0 Å². The van der Waals surface area contributed by atoms with E-state index >= 15 is 0 Å². The Morgan fingerprint density at radius 3 is 2.86 bits per heavy atom. The molecule has 1 N–H and O–H groups in total. The topological polar surface area (TPSA) is 85.8 Å². The number of aromatic nitrogens is 4. The van der Waals surface area contributed by atoms with Gasteiger partial charge in [0.05, 0.1) is 0 Å². The number of rotatable bonds is 4. The molecule has 1 fully saturated rings. The summed E-state index contributed by atoms with van der Waals surface area (Å²) in [7, 11) is 1.88. The molecule has 112 valence electrons. The molecule has 1 aliphatic rings. The predicted octanol–water partition coefficient (Wildman–Crippen LogP) is 1.84. The number of nitrogens with one attached hydrogen (secondary N) is 1. The maximum atomic E-state index is 11.5. The zero-order valence-electron chi connectivity index (χ0n) is 12.2. The van der Waals surface area contributed by atoms with Crippen LogP contribution in [0.25, 0.3) is 11.6 Å². The molecule has 2 aromatic rings. The van der Waals surface area contributed by atoms with Gasteiger partial charge in [-0.2, -0.15) is 4.98 Å². The van der Waals surface area contributed by atoms with Crippen LogP contribution in [-0.2, 0) is 11.8 Å². The van der Waals surface area contributed by atoms with Crippen molar-refractivity contribution in [2.24, 2.45) is 13.0 Å². The molecule has 0 saturated heterocycles. The van der Waals surface area contributed by atoms with Gasteiger partial charge in [0, 0.05) is 26.4 Å². The molecule has 1 amide bonds. The van der Waals surface area contributed by atoms with E-state index < -0.39 is 0 Å². The second-order valence-corrected chi connectivity index (χ2v) is 5.54. The van der Waals surface area contributed by atoms with Gasteiger partial charge in [-0.05, 0) is 18.8 Å². The van der Waals surface area contributed by atoms with E-state index in [2.05, 4.69) is 20.4 Å². The number of carbonyl (C=O) groups is 1. The second kappa shape index (κ2) is 5.67. The number of aryl methyl sites for hydroxylation is 1. The molecule has 0 aliphatic heterocycles. The largest absolute Gasteiger partial charge is 0.344 e. The Bertz CT molecular complexity index is 627. The summed E-state index contributed by atoms with van der Waals surface area (Å²) in [6, 6.07) is -0.202. The van der Waals surface area contributed by atoms with Gasteiger partial charge in [-0.3, -0.25) is 4.79 Å². The first-order valence-corrected chi connectivity index (χ1v) is 7.23. The van der Waals surface area contributed by atoms with Crippen molar-refractivity contribution >= 4 is 5.91 Å². The van der Waals surface area contributed by atoms with Gasteiger partial charge in [-0.15, -0.1) is 0 Å². The summed E-state index contributed by atoms with van der Waals surface area (Å²) in [4.78, 5) is 20.1. The lowest BCUT2D eigenvalue weighted by molar-refractivity contribution is -0.120. The van der Waals surface area contributed by atoms with Crippen molar-refractivity contribution < 1.29 is 9.32 Å². The molecule has 1 unspecified atom stereocenters. The molecule has 0 radical (unpaired) electrons. The SMILES string of the molecule is CC(=O)NC(c1nc(-c2nccn2C)no1)C1CCCC1. The van der Waals surface area contributed by atoms with E-state index in [1.807, 2.05) is 17.8 Å². The van der Waals surface area contributed by atoms with E-state index in [9.17, 15) is 4.79 Å². The Kier molecular flexibility index (Phi) is 3.72. The Morgan fingerprint density at radius 1 is 1.48 bits per heavy atom. The van der Waals surface area contributed by atoms with Crippen molar-refractivity contribution in [1.82, 2.24) is 25.0 Å². The van der Waals surface area contributed by atoms with Gasteiger partial charge < -0.3 is 14.4 Å². The average Bonchev–Trinajstić information content (AvgIpc) is 3.17. The van der Waals surface area contributed by atoms with E-state index in [1.54, 1.807) is 6.20 Å². The van der Waals surface area contributed by atoms with Crippen molar-refractivity contribution in [1.29, 1.82) is 0 Å². The summed E-state index contributed by atoms with van der Waals surface area (Å²) in [5.41, 5.74) is 0. The molecular weight excluding hydrogens is 270 g/mol. The molecule has 2 aromatic heterocycles. The van der Waals surface area contributed by atoms with Crippen molar-refractivity contribution in [3.8, 4) is 11.6 Å². The quantitative estimate of drug-likeness (QED) is 0.928. The third-order valence-corrected chi connectivity index (χ3v) is 3.96. The maximum Gasteiger partial charge on any atom is 0.249 e. The van der Waals surface area contributed by atoms with Crippen LogP contribution in [-0.4, -0.2) is 25.6 Å². The molecule has 3 rings (SSSR count). The molecule has 1 atom stereocenters. The minimum atomic E-state index is -0.202. The first kappa shape index (κ1) is 13.8. The average molecular weight is 289 g/mol. The van der Waals surface area contributed by atoms with Crippen molar-refractivity contribution in [3.05, 3.63) is 18.3 Å². The first-order valence-electron chi connectivity index (χ1n) is 7.23. The van der Waals surface area contributed by atoms with Crippen LogP contribution in [0.1, 0.15) is 44.5 Å². The Hall–Kier alpha value is -2.18. The fourth-order valence-electron chi connectivity index (χ4n) is 2.92. The van der Waals surface area contributed by atoms with Gasteiger partial charge in [-0.25, -0.2) is 4.98 Å². The number of hydrogen-bond acceptors (Lipinski definition) is 5. The number of imidazole rings is 1. The monoisotopic (exact) mass is 289 g/mol. The van der Waals surface area contributed by atoms with Crippen LogP contribution >= 0.6 is 0 Å². The van der Waals surface area contributed by atoms with Crippen molar-refractivity contribution in [2.45, 2.75) is 38.6 Å². The fraction of sp³-hybridized carbons (Fsp3) is 0.571. The summed E-state index contributed by atoms with van der Waals surface area (Å²) in [5.74, 6) is 1.85. The van der Waals surface area contributed by atoms with Gasteiger partial charge in [0.1, 0.15) is 6.04 Å². The molecule has 0 spiro atoms. The van der Waals surface area contributed by atoms with E-state index in [4.69, 9.17) is 4.52 Å². The molecule has 21 heavy (non-hydrogen) atoms. The predicted molar refractivity (Wildman–Crippen MR) is 75.0 cm³/mol. The maximum absolute atomic E-state index is 11.5. The molecular formula is C14H19N5O2. The van der Waals surface area contributed by atoms with Crippen LogP contribution < -0.4 is 5.32 Å². The highest BCUT2D eigenvalue weighted by Crippen LogP contribution is 2.35. The third-order valence-electron chi connectivity index (χ3n) is 3.96. The lowest BCUT2D eigenvalue weighted by Crippen LogP contribution is -2.31. The van der Waals surface area contributed by atoms with Crippen LogP contribution in [0, 0.1) is 5.92 Å². The highest BCUT2D eigenvalue weighted by Gasteiger charge is 2.31. The van der Waals surface area contributed by atoms with Gasteiger partial charge in [0.15, 0.2) is 5.82 Å². The lowest BCUT2D eigenvalue weighted by Gasteiger charge is -2.20. The number of nitrogens with zero attached hydrogens (tertiary/aromatic N) is 4. The van der Waals surface area contributed by atoms with E-state index in [0.29, 0.717) is 23.5 Å².